The third-order valence-electron chi connectivity index (χ3n) is 3.45. The Morgan fingerprint density at radius 1 is 1.22 bits per heavy atom. The zero-order valence-electron chi connectivity index (χ0n) is 15.0. The monoisotopic (exact) mass is 459 g/mol. The quantitative estimate of drug-likeness (QED) is 0.639. The molecule has 6 nitrogen and oxygen atoms in total. The van der Waals surface area contributed by atoms with Gasteiger partial charge in [-0.15, -0.1) is 0 Å². The smallest absolute Gasteiger partial charge is 0.339 e. The van der Waals surface area contributed by atoms with Gasteiger partial charge in [-0.2, -0.15) is 0 Å². The number of carbonyl (C=O) groups is 1. The van der Waals surface area contributed by atoms with Gasteiger partial charge in [-0.25, -0.2) is 22.3 Å². The third kappa shape index (κ3) is 5.50. The number of rotatable bonds is 7. The Labute approximate surface area is 165 Å². The van der Waals surface area contributed by atoms with Crippen molar-refractivity contribution in [2.24, 2.45) is 0 Å². The van der Waals surface area contributed by atoms with Gasteiger partial charge in [0.1, 0.15) is 6.61 Å². The lowest BCUT2D eigenvalue weighted by molar-refractivity contribution is 0.0471. The Kier molecular flexibility index (Phi) is 6.96. The average molecular weight is 460 g/mol. The van der Waals surface area contributed by atoms with Crippen molar-refractivity contribution in [2.45, 2.75) is 31.4 Å². The number of nitrogens with one attached hydrogen (secondary N) is 1. The maximum atomic E-state index is 13.7. The van der Waals surface area contributed by atoms with E-state index in [1.165, 1.54) is 37.4 Å². The number of halogens is 2. The molecule has 0 fully saturated rings. The molecule has 0 atom stereocenters. The summed E-state index contributed by atoms with van der Waals surface area (Å²) < 4.78 is 51.1. The molecule has 0 amide bonds. The molecule has 0 aliphatic rings. The fourth-order valence-corrected chi connectivity index (χ4v) is 3.92. The van der Waals surface area contributed by atoms with Gasteiger partial charge in [0, 0.05) is 10.5 Å². The molecule has 0 bridgehead atoms. The largest absolute Gasteiger partial charge is 0.494 e. The lowest BCUT2D eigenvalue weighted by atomic mass is 10.2. The molecule has 146 valence electrons. The molecule has 27 heavy (non-hydrogen) atoms. The van der Waals surface area contributed by atoms with Crippen LogP contribution in [0.5, 0.6) is 5.75 Å². The molecule has 0 aromatic heterocycles. The van der Waals surface area contributed by atoms with Crippen LogP contribution in [0.4, 0.5) is 4.39 Å². The highest BCUT2D eigenvalue weighted by Crippen LogP contribution is 2.23. The predicted molar refractivity (Wildman–Crippen MR) is 102 cm³/mol. The first-order valence-corrected chi connectivity index (χ1v) is 10.2. The Hall–Kier alpha value is -1.97. The third-order valence-corrected chi connectivity index (χ3v) is 5.79. The van der Waals surface area contributed by atoms with Crippen molar-refractivity contribution in [3.05, 3.63) is 57.8 Å². The number of methoxy groups -OCH3 is 1. The van der Waals surface area contributed by atoms with Gasteiger partial charge >= 0.3 is 5.97 Å². The van der Waals surface area contributed by atoms with Crippen LogP contribution in [-0.4, -0.2) is 27.5 Å². The highest BCUT2D eigenvalue weighted by atomic mass is 79.9. The standard InChI is InChI=1S/C18H19BrFNO5S/c1-11(2)21-27(23,24)13-5-6-15(19)14(9-13)18(22)26-10-12-4-7-17(25-3)16(20)8-12/h4-9,11,21H,10H2,1-3H3. The van der Waals surface area contributed by atoms with Crippen LogP contribution in [0.25, 0.3) is 0 Å². The van der Waals surface area contributed by atoms with Crippen LogP contribution in [0.15, 0.2) is 45.8 Å². The van der Waals surface area contributed by atoms with E-state index in [-0.39, 0.29) is 28.9 Å². The zero-order valence-corrected chi connectivity index (χ0v) is 17.4. The van der Waals surface area contributed by atoms with Crippen LogP contribution in [0.2, 0.25) is 0 Å². The number of esters is 1. The first kappa shape index (κ1) is 21.3. The molecular weight excluding hydrogens is 441 g/mol. The minimum Gasteiger partial charge on any atom is -0.494 e. The van der Waals surface area contributed by atoms with Gasteiger partial charge in [-0.05, 0) is 65.7 Å². The van der Waals surface area contributed by atoms with Gasteiger partial charge in [0.25, 0.3) is 0 Å². The zero-order chi connectivity index (χ0) is 20.2. The van der Waals surface area contributed by atoms with Crippen LogP contribution in [0.3, 0.4) is 0 Å². The van der Waals surface area contributed by atoms with Crippen molar-refractivity contribution >= 4 is 31.9 Å². The van der Waals surface area contributed by atoms with Crippen LogP contribution in [0, 0.1) is 5.82 Å². The summed E-state index contributed by atoms with van der Waals surface area (Å²) in [7, 11) is -2.40. The van der Waals surface area contributed by atoms with Gasteiger partial charge in [-0.1, -0.05) is 6.07 Å². The molecule has 0 saturated heterocycles. The van der Waals surface area contributed by atoms with Crippen LogP contribution in [0.1, 0.15) is 29.8 Å². The average Bonchev–Trinajstić information content (AvgIpc) is 2.59. The second-order valence-electron chi connectivity index (χ2n) is 5.96. The first-order chi connectivity index (χ1) is 12.6. The number of hydrogen-bond acceptors (Lipinski definition) is 5. The summed E-state index contributed by atoms with van der Waals surface area (Å²) in [6.07, 6.45) is 0. The molecule has 0 aliphatic heterocycles. The van der Waals surface area contributed by atoms with E-state index in [0.29, 0.717) is 10.0 Å². The Bertz CT molecular complexity index is 947. The molecule has 0 heterocycles. The molecule has 0 aliphatic carbocycles. The lowest BCUT2D eigenvalue weighted by Crippen LogP contribution is -2.30. The van der Waals surface area contributed by atoms with E-state index >= 15 is 0 Å². The predicted octanol–water partition coefficient (Wildman–Crippen LogP) is 3.64. The van der Waals surface area contributed by atoms with Crippen LogP contribution >= 0.6 is 15.9 Å². The summed E-state index contributed by atoms with van der Waals surface area (Å²) in [4.78, 5) is 12.3. The molecule has 0 unspecified atom stereocenters. The number of carbonyl (C=O) groups excluding carboxylic acids is 1. The molecule has 2 aromatic carbocycles. The van der Waals surface area contributed by atoms with E-state index in [1.807, 2.05) is 0 Å². The Balaban J connectivity index is 2.18. The molecule has 1 N–H and O–H groups in total. The van der Waals surface area contributed by atoms with E-state index in [9.17, 15) is 17.6 Å². The summed E-state index contributed by atoms with van der Waals surface area (Å²) >= 11 is 3.21. The molecule has 9 heteroatoms. The maximum Gasteiger partial charge on any atom is 0.339 e. The summed E-state index contributed by atoms with van der Waals surface area (Å²) in [5, 5.41) is 0. The van der Waals surface area contributed by atoms with Gasteiger partial charge < -0.3 is 9.47 Å². The van der Waals surface area contributed by atoms with Gasteiger partial charge in [0.05, 0.1) is 17.6 Å². The maximum absolute atomic E-state index is 13.7. The topological polar surface area (TPSA) is 81.7 Å². The van der Waals surface area contributed by atoms with E-state index < -0.39 is 21.8 Å². The fourth-order valence-electron chi connectivity index (χ4n) is 2.23. The number of ether oxygens (including phenoxy) is 2. The summed E-state index contributed by atoms with van der Waals surface area (Å²) in [6, 6.07) is 7.97. The van der Waals surface area contributed by atoms with Crippen molar-refractivity contribution < 1.29 is 27.1 Å². The van der Waals surface area contributed by atoms with E-state index in [2.05, 4.69) is 20.7 Å². The van der Waals surface area contributed by atoms with E-state index in [4.69, 9.17) is 9.47 Å². The molecule has 2 rings (SSSR count). The van der Waals surface area contributed by atoms with Crippen molar-refractivity contribution in [2.75, 3.05) is 7.11 Å². The number of benzene rings is 2. The Morgan fingerprint density at radius 2 is 1.93 bits per heavy atom. The van der Waals surface area contributed by atoms with Gasteiger partial charge in [-0.3, -0.25) is 0 Å². The van der Waals surface area contributed by atoms with Crippen molar-refractivity contribution in [1.82, 2.24) is 4.72 Å². The summed E-state index contributed by atoms with van der Waals surface area (Å²) in [5.41, 5.74) is 0.485. The lowest BCUT2D eigenvalue weighted by Gasteiger charge is -2.12. The van der Waals surface area contributed by atoms with Crippen LogP contribution in [-0.2, 0) is 21.4 Å². The minimum atomic E-state index is -3.75. The van der Waals surface area contributed by atoms with Gasteiger partial charge in [0.15, 0.2) is 11.6 Å². The second-order valence-corrected chi connectivity index (χ2v) is 8.53. The van der Waals surface area contributed by atoms with Crippen LogP contribution < -0.4 is 9.46 Å². The normalized spacial score (nSPS) is 11.5. The highest BCUT2D eigenvalue weighted by molar-refractivity contribution is 9.10. The van der Waals surface area contributed by atoms with E-state index in [0.717, 1.165) is 0 Å². The number of hydrogen-bond donors (Lipinski definition) is 1. The SMILES string of the molecule is COc1ccc(COC(=O)c2cc(S(=O)(=O)NC(C)C)ccc2Br)cc1F. The first-order valence-electron chi connectivity index (χ1n) is 7.95. The molecule has 0 saturated carbocycles. The molecular formula is C18H19BrFNO5S. The molecule has 0 radical (unpaired) electrons. The molecule has 2 aromatic rings. The van der Waals surface area contributed by atoms with Crippen molar-refractivity contribution in [1.29, 1.82) is 0 Å². The summed E-state index contributed by atoms with van der Waals surface area (Å²) in [5.74, 6) is -1.22. The fraction of sp³-hybridized carbons (Fsp3) is 0.278. The van der Waals surface area contributed by atoms with E-state index in [1.54, 1.807) is 19.9 Å². The minimum absolute atomic E-state index is 0.0515. The summed E-state index contributed by atoms with van der Waals surface area (Å²) in [6.45, 7) is 3.21. The van der Waals surface area contributed by atoms with Gasteiger partial charge in [0.2, 0.25) is 10.0 Å². The number of sulfonamides is 1. The second kappa shape index (κ2) is 8.81. The molecule has 0 spiro atoms. The van der Waals surface area contributed by atoms with Crippen molar-refractivity contribution in [3.8, 4) is 5.75 Å². The Morgan fingerprint density at radius 3 is 2.52 bits per heavy atom. The van der Waals surface area contributed by atoms with Crippen molar-refractivity contribution in [3.63, 3.8) is 0 Å². The highest BCUT2D eigenvalue weighted by Gasteiger charge is 2.20.